The fraction of sp³-hybridized carbons (Fsp3) is 0.593. The zero-order valence-electron chi connectivity index (χ0n) is 20.8. The molecule has 0 bridgehead atoms. The van der Waals surface area contributed by atoms with Gasteiger partial charge in [0.2, 0.25) is 15.9 Å². The first-order valence-corrected chi connectivity index (χ1v) is 14.0. The average molecular weight is 487 g/mol. The predicted octanol–water partition coefficient (Wildman–Crippen LogP) is 5.26. The van der Waals surface area contributed by atoms with Gasteiger partial charge in [0, 0.05) is 25.7 Å². The third-order valence-corrected chi connectivity index (χ3v) is 9.19. The molecule has 1 N–H and O–H groups in total. The molecule has 186 valence electrons. The molecule has 0 aromatic heterocycles. The normalized spacial score (nSPS) is 21.3. The summed E-state index contributed by atoms with van der Waals surface area (Å²) < 4.78 is 32.4. The Morgan fingerprint density at radius 2 is 1.65 bits per heavy atom. The fourth-order valence-electron chi connectivity index (χ4n) is 4.83. The molecule has 6 nitrogen and oxygen atoms in total. The highest BCUT2D eigenvalue weighted by Crippen LogP contribution is 2.39. The molecule has 34 heavy (non-hydrogen) atoms. The van der Waals surface area contributed by atoms with Crippen LogP contribution in [0.3, 0.4) is 0 Å². The summed E-state index contributed by atoms with van der Waals surface area (Å²) >= 11 is 0. The predicted molar refractivity (Wildman–Crippen MR) is 138 cm³/mol. The molecule has 2 aliphatic carbocycles. The number of hydrogen-bond acceptors (Lipinski definition) is 5. The summed E-state index contributed by atoms with van der Waals surface area (Å²) in [5, 5.41) is 1.84. The van der Waals surface area contributed by atoms with Crippen molar-refractivity contribution in [1.82, 2.24) is 4.72 Å². The maximum absolute atomic E-state index is 12.1. The Morgan fingerprint density at radius 3 is 2.29 bits per heavy atom. The van der Waals surface area contributed by atoms with Crippen LogP contribution in [-0.2, 0) is 14.8 Å². The Balaban J connectivity index is 1.31. The van der Waals surface area contributed by atoms with E-state index in [9.17, 15) is 13.2 Å². The smallest absolute Gasteiger partial charge is 0.237 e. The number of carbonyl (C=O) groups excluding carboxylic acids is 1. The van der Waals surface area contributed by atoms with Crippen LogP contribution in [-0.4, -0.2) is 39.3 Å². The van der Waals surface area contributed by atoms with E-state index in [0.29, 0.717) is 24.8 Å². The Hall–Kier alpha value is -2.28. The molecular weight excluding hydrogens is 448 g/mol. The molecule has 1 amide bonds. The number of anilines is 1. The SMILES string of the molecule is CN(CCC(=O)NS(=O)(=O)C1CC1)c1ccc2cc(O[C@H]3CC[C@H](C(C)(C)C)CC3)ccc2c1. The van der Waals surface area contributed by atoms with E-state index in [1.54, 1.807) is 0 Å². The summed E-state index contributed by atoms with van der Waals surface area (Å²) in [4.78, 5) is 14.0. The second-order valence-electron chi connectivity index (χ2n) is 11.1. The number of nitrogens with one attached hydrogen (secondary N) is 1. The maximum atomic E-state index is 12.1. The van der Waals surface area contributed by atoms with E-state index in [1.165, 1.54) is 12.8 Å². The molecule has 7 heteroatoms. The Bertz CT molecular complexity index is 1130. The topological polar surface area (TPSA) is 75.7 Å². The summed E-state index contributed by atoms with van der Waals surface area (Å²) in [7, 11) is -1.57. The van der Waals surface area contributed by atoms with Gasteiger partial charge in [-0.3, -0.25) is 9.52 Å². The van der Waals surface area contributed by atoms with Gasteiger partial charge in [0.05, 0.1) is 11.4 Å². The third-order valence-electron chi connectivity index (χ3n) is 7.33. The van der Waals surface area contributed by atoms with E-state index in [4.69, 9.17) is 4.74 Å². The monoisotopic (exact) mass is 486 g/mol. The summed E-state index contributed by atoms with van der Waals surface area (Å²) in [5.74, 6) is 1.24. The highest BCUT2D eigenvalue weighted by atomic mass is 32.2. The van der Waals surface area contributed by atoms with E-state index in [1.807, 2.05) is 24.1 Å². The maximum Gasteiger partial charge on any atom is 0.237 e. The van der Waals surface area contributed by atoms with Crippen LogP contribution in [0.1, 0.15) is 65.7 Å². The van der Waals surface area contributed by atoms with Crippen molar-refractivity contribution in [1.29, 1.82) is 0 Å². The fourth-order valence-corrected chi connectivity index (χ4v) is 6.17. The zero-order valence-corrected chi connectivity index (χ0v) is 21.7. The largest absolute Gasteiger partial charge is 0.490 e. The number of fused-ring (bicyclic) bond motifs is 1. The summed E-state index contributed by atoms with van der Waals surface area (Å²) in [6, 6.07) is 12.4. The van der Waals surface area contributed by atoms with Crippen LogP contribution < -0.4 is 14.4 Å². The van der Waals surface area contributed by atoms with Crippen molar-refractivity contribution in [3.8, 4) is 5.75 Å². The molecule has 0 saturated heterocycles. The quantitative estimate of drug-likeness (QED) is 0.551. The number of ether oxygens (including phenoxy) is 1. The Kier molecular flexibility index (Phi) is 7.13. The molecule has 0 heterocycles. The number of sulfonamides is 1. The summed E-state index contributed by atoms with van der Waals surface area (Å²) in [6.45, 7) is 7.45. The standard InChI is InChI=1S/C27H38N2O4S/c1-27(2,3)21-7-11-23(12-8-21)33-24-10-6-19-17-22(9-5-20(19)18-24)29(4)16-15-26(30)28-34(31,32)25-13-14-25/h5-6,9-10,17-18,21,23,25H,7-8,11-16H2,1-4H3,(H,28,30)/t21-,23-. The first-order valence-electron chi connectivity index (χ1n) is 12.5. The first-order chi connectivity index (χ1) is 16.0. The molecule has 2 saturated carbocycles. The molecule has 0 aliphatic heterocycles. The minimum atomic E-state index is -3.48. The number of rotatable bonds is 8. The highest BCUT2D eigenvalue weighted by molar-refractivity contribution is 7.90. The molecule has 0 spiro atoms. The van der Waals surface area contributed by atoms with Gasteiger partial charge in [-0.25, -0.2) is 8.42 Å². The van der Waals surface area contributed by atoms with Crippen molar-refractivity contribution in [3.05, 3.63) is 36.4 Å². The molecule has 0 atom stereocenters. The molecule has 4 rings (SSSR count). The van der Waals surface area contributed by atoms with Gasteiger partial charge in [-0.05, 0) is 84.9 Å². The van der Waals surface area contributed by atoms with Gasteiger partial charge in [0.25, 0.3) is 0 Å². The Morgan fingerprint density at radius 1 is 1.00 bits per heavy atom. The summed E-state index contributed by atoms with van der Waals surface area (Å²) in [5.41, 5.74) is 1.36. The van der Waals surface area contributed by atoms with Crippen LogP contribution in [0.25, 0.3) is 10.8 Å². The average Bonchev–Trinajstić information content (AvgIpc) is 3.63. The van der Waals surface area contributed by atoms with Crippen molar-refractivity contribution < 1.29 is 17.9 Å². The molecule has 2 aliphatic rings. The number of nitrogens with zero attached hydrogens (tertiary/aromatic N) is 1. The van der Waals surface area contributed by atoms with Crippen LogP contribution in [0, 0.1) is 11.3 Å². The minimum absolute atomic E-state index is 0.130. The minimum Gasteiger partial charge on any atom is -0.490 e. The van der Waals surface area contributed by atoms with Crippen molar-refractivity contribution >= 4 is 32.4 Å². The lowest BCUT2D eigenvalue weighted by atomic mass is 9.72. The van der Waals surface area contributed by atoms with Crippen molar-refractivity contribution in [2.24, 2.45) is 11.3 Å². The lowest BCUT2D eigenvalue weighted by Gasteiger charge is -2.37. The lowest BCUT2D eigenvalue weighted by Crippen LogP contribution is -2.35. The molecule has 0 unspecified atom stereocenters. The highest BCUT2D eigenvalue weighted by Gasteiger charge is 2.36. The van der Waals surface area contributed by atoms with E-state index >= 15 is 0 Å². The number of amides is 1. The van der Waals surface area contributed by atoms with Crippen LogP contribution in [0.4, 0.5) is 5.69 Å². The van der Waals surface area contributed by atoms with Crippen molar-refractivity contribution in [2.75, 3.05) is 18.5 Å². The van der Waals surface area contributed by atoms with Gasteiger partial charge in [-0.2, -0.15) is 0 Å². The molecular formula is C27H38N2O4S. The van der Waals surface area contributed by atoms with Crippen LogP contribution in [0.5, 0.6) is 5.75 Å². The second-order valence-corrected chi connectivity index (χ2v) is 13.1. The van der Waals surface area contributed by atoms with Crippen LogP contribution >= 0.6 is 0 Å². The second kappa shape index (κ2) is 9.76. The molecule has 0 radical (unpaired) electrons. The van der Waals surface area contributed by atoms with Gasteiger partial charge < -0.3 is 9.64 Å². The van der Waals surface area contributed by atoms with Crippen LogP contribution in [0.15, 0.2) is 36.4 Å². The lowest BCUT2D eigenvalue weighted by molar-refractivity contribution is -0.119. The van der Waals surface area contributed by atoms with E-state index in [2.05, 4.69) is 49.8 Å². The molecule has 2 aromatic carbocycles. The van der Waals surface area contributed by atoms with E-state index in [-0.39, 0.29) is 17.8 Å². The zero-order chi connectivity index (χ0) is 24.5. The van der Waals surface area contributed by atoms with Crippen LogP contribution in [0.2, 0.25) is 0 Å². The Labute approximate surface area is 204 Å². The van der Waals surface area contributed by atoms with Crippen molar-refractivity contribution in [3.63, 3.8) is 0 Å². The van der Waals surface area contributed by atoms with Gasteiger partial charge in [0.15, 0.2) is 0 Å². The first kappa shape index (κ1) is 24.8. The van der Waals surface area contributed by atoms with Gasteiger partial charge in [-0.15, -0.1) is 0 Å². The summed E-state index contributed by atoms with van der Waals surface area (Å²) in [6.07, 6.45) is 6.37. The number of carbonyl (C=O) groups is 1. The van der Waals surface area contributed by atoms with E-state index < -0.39 is 15.9 Å². The van der Waals surface area contributed by atoms with E-state index in [0.717, 1.165) is 41.0 Å². The van der Waals surface area contributed by atoms with Gasteiger partial charge >= 0.3 is 0 Å². The van der Waals surface area contributed by atoms with Gasteiger partial charge in [0.1, 0.15) is 5.75 Å². The van der Waals surface area contributed by atoms with Gasteiger partial charge in [-0.1, -0.05) is 32.9 Å². The number of benzene rings is 2. The van der Waals surface area contributed by atoms with Crippen molar-refractivity contribution in [2.45, 2.75) is 77.1 Å². The third kappa shape index (κ3) is 6.23. The number of hydrogen-bond donors (Lipinski definition) is 1. The molecule has 2 aromatic rings. The molecule has 2 fully saturated rings.